The van der Waals surface area contributed by atoms with E-state index >= 15 is 4.39 Å². The van der Waals surface area contributed by atoms with E-state index in [-0.39, 0.29) is 29.5 Å². The molecule has 2 aromatic carbocycles. The monoisotopic (exact) mass is 491 g/mol. The van der Waals surface area contributed by atoms with E-state index in [4.69, 9.17) is 4.74 Å². The molecule has 1 aliphatic heterocycles. The molecule has 36 heavy (non-hydrogen) atoms. The van der Waals surface area contributed by atoms with Gasteiger partial charge in [0.2, 0.25) is 5.91 Å². The van der Waals surface area contributed by atoms with E-state index in [2.05, 4.69) is 15.3 Å². The summed E-state index contributed by atoms with van der Waals surface area (Å²) >= 11 is 0. The Morgan fingerprint density at radius 2 is 2.08 bits per heavy atom. The van der Waals surface area contributed by atoms with Crippen molar-refractivity contribution in [3.8, 4) is 16.9 Å². The van der Waals surface area contributed by atoms with Gasteiger partial charge in [-0.2, -0.15) is 0 Å². The van der Waals surface area contributed by atoms with Gasteiger partial charge in [-0.05, 0) is 42.2 Å². The van der Waals surface area contributed by atoms with E-state index in [1.54, 1.807) is 35.2 Å². The molecule has 9 nitrogen and oxygen atoms in total. The van der Waals surface area contributed by atoms with Crippen molar-refractivity contribution in [1.29, 1.82) is 0 Å². The summed E-state index contributed by atoms with van der Waals surface area (Å²) in [7, 11) is 1.56. The molecule has 1 saturated heterocycles. The SMILES string of the molecule is COc1ccccc1-c1cc(C2CCCN(C(=O)CCn3ccnn3)C2)c(F)c2[nH]c(C(=O)O)cc12. The van der Waals surface area contributed by atoms with Crippen molar-refractivity contribution in [2.24, 2.45) is 0 Å². The molecule has 2 N–H and O–H groups in total. The average molecular weight is 492 g/mol. The zero-order valence-corrected chi connectivity index (χ0v) is 19.8. The smallest absolute Gasteiger partial charge is 0.352 e. The molecule has 0 radical (unpaired) electrons. The number of fused-ring (bicyclic) bond motifs is 1. The highest BCUT2D eigenvalue weighted by Gasteiger charge is 2.29. The highest BCUT2D eigenvalue weighted by Crippen LogP contribution is 2.41. The molecule has 10 heteroatoms. The Balaban J connectivity index is 1.52. The molecular formula is C26H26FN5O4. The molecule has 0 aliphatic carbocycles. The van der Waals surface area contributed by atoms with Crippen molar-refractivity contribution in [3.05, 3.63) is 65.9 Å². The van der Waals surface area contributed by atoms with Gasteiger partial charge in [-0.1, -0.05) is 23.4 Å². The normalized spacial score (nSPS) is 15.8. The van der Waals surface area contributed by atoms with Crippen LogP contribution in [0.2, 0.25) is 0 Å². The van der Waals surface area contributed by atoms with Gasteiger partial charge >= 0.3 is 5.97 Å². The maximum Gasteiger partial charge on any atom is 0.352 e. The number of nitrogens with zero attached hydrogens (tertiary/aromatic N) is 4. The van der Waals surface area contributed by atoms with Crippen LogP contribution in [0.15, 0.2) is 48.8 Å². The van der Waals surface area contributed by atoms with Crippen LogP contribution in [0.5, 0.6) is 5.75 Å². The van der Waals surface area contributed by atoms with Crippen LogP contribution >= 0.6 is 0 Å². The standard InChI is InChI=1S/C26H26FN5O4/c1-36-22-7-3-2-6-17(22)19-13-18(24(27)25-20(19)14-21(29-25)26(34)35)16-5-4-10-31(15-16)23(33)8-11-32-12-9-28-30-32/h2-3,6-7,9,12-14,16,29H,4-5,8,10-11,15H2,1H3,(H,34,35). The number of methoxy groups -OCH3 is 1. The maximum absolute atomic E-state index is 15.9. The lowest BCUT2D eigenvalue weighted by Crippen LogP contribution is -2.39. The summed E-state index contributed by atoms with van der Waals surface area (Å²) in [6, 6.07) is 10.6. The Bertz CT molecular complexity index is 1420. The second-order valence-corrected chi connectivity index (χ2v) is 8.90. The van der Waals surface area contributed by atoms with E-state index in [9.17, 15) is 14.7 Å². The van der Waals surface area contributed by atoms with E-state index in [1.807, 2.05) is 24.3 Å². The molecule has 0 saturated carbocycles. The lowest BCUT2D eigenvalue weighted by Gasteiger charge is -2.33. The number of amides is 1. The second kappa shape index (κ2) is 9.80. The van der Waals surface area contributed by atoms with Crippen molar-refractivity contribution in [2.75, 3.05) is 20.2 Å². The maximum atomic E-state index is 15.9. The topological polar surface area (TPSA) is 113 Å². The Kier molecular flexibility index (Phi) is 6.41. The summed E-state index contributed by atoms with van der Waals surface area (Å²) < 4.78 is 23.0. The Labute approximate surface area is 206 Å². The first-order chi connectivity index (χ1) is 17.5. The van der Waals surface area contributed by atoms with Gasteiger partial charge in [0, 0.05) is 42.6 Å². The number of aromatic nitrogens is 4. The van der Waals surface area contributed by atoms with Crippen molar-refractivity contribution < 1.29 is 23.8 Å². The number of carbonyl (C=O) groups is 2. The fourth-order valence-electron chi connectivity index (χ4n) is 4.96. The van der Waals surface area contributed by atoms with Crippen molar-refractivity contribution in [1.82, 2.24) is 24.9 Å². The first-order valence-corrected chi connectivity index (χ1v) is 11.8. The predicted molar refractivity (Wildman–Crippen MR) is 130 cm³/mol. The minimum Gasteiger partial charge on any atom is -0.496 e. The number of para-hydroxylation sites is 1. The van der Waals surface area contributed by atoms with E-state index in [0.717, 1.165) is 12.0 Å². The van der Waals surface area contributed by atoms with Gasteiger partial charge in [0.05, 0.1) is 25.4 Å². The van der Waals surface area contributed by atoms with Crippen LogP contribution in [-0.2, 0) is 11.3 Å². The molecule has 1 aliphatic rings. The van der Waals surface area contributed by atoms with Crippen molar-refractivity contribution in [3.63, 3.8) is 0 Å². The summed E-state index contributed by atoms with van der Waals surface area (Å²) in [5.41, 5.74) is 1.91. The molecule has 4 aromatic rings. The zero-order valence-electron chi connectivity index (χ0n) is 19.8. The van der Waals surface area contributed by atoms with Crippen LogP contribution < -0.4 is 4.74 Å². The number of aromatic carboxylic acids is 1. The number of carboxylic acids is 1. The Morgan fingerprint density at radius 1 is 1.25 bits per heavy atom. The van der Waals surface area contributed by atoms with E-state index in [1.165, 1.54) is 6.07 Å². The van der Waals surface area contributed by atoms with Gasteiger partial charge in [-0.15, -0.1) is 5.10 Å². The molecule has 1 atom stereocenters. The number of H-pyrrole nitrogens is 1. The molecule has 0 spiro atoms. The number of hydrogen-bond acceptors (Lipinski definition) is 5. The lowest BCUT2D eigenvalue weighted by molar-refractivity contribution is -0.132. The molecule has 0 bridgehead atoms. The number of carbonyl (C=O) groups excluding carboxylic acids is 1. The zero-order chi connectivity index (χ0) is 25.2. The summed E-state index contributed by atoms with van der Waals surface area (Å²) in [5, 5.41) is 17.7. The van der Waals surface area contributed by atoms with Crippen molar-refractivity contribution in [2.45, 2.75) is 31.7 Å². The summed E-state index contributed by atoms with van der Waals surface area (Å²) in [6.07, 6.45) is 5.01. The highest BCUT2D eigenvalue weighted by molar-refractivity contribution is 6.02. The number of piperidine rings is 1. The number of rotatable bonds is 7. The molecule has 1 amide bonds. The average Bonchev–Trinajstić information content (AvgIpc) is 3.58. The van der Waals surface area contributed by atoms with Crippen LogP contribution in [-0.4, -0.2) is 62.1 Å². The number of likely N-dealkylation sites (tertiary alicyclic amines) is 1. The predicted octanol–water partition coefficient (Wildman–Crippen LogP) is 4.07. The molecule has 2 aromatic heterocycles. The molecule has 1 fully saturated rings. The number of ether oxygens (including phenoxy) is 1. The third-order valence-corrected chi connectivity index (χ3v) is 6.75. The van der Waals surface area contributed by atoms with Crippen LogP contribution in [0, 0.1) is 5.82 Å². The summed E-state index contributed by atoms with van der Waals surface area (Å²) in [6.45, 7) is 1.43. The first kappa shape index (κ1) is 23.5. The lowest BCUT2D eigenvalue weighted by atomic mass is 9.86. The second-order valence-electron chi connectivity index (χ2n) is 8.90. The van der Waals surface area contributed by atoms with Crippen LogP contribution in [0.1, 0.15) is 41.2 Å². The van der Waals surface area contributed by atoms with Gasteiger partial charge in [-0.25, -0.2) is 9.18 Å². The number of aryl methyl sites for hydroxylation is 1. The largest absolute Gasteiger partial charge is 0.496 e. The third kappa shape index (κ3) is 4.41. The highest BCUT2D eigenvalue weighted by atomic mass is 19.1. The molecule has 1 unspecified atom stereocenters. The summed E-state index contributed by atoms with van der Waals surface area (Å²) in [4.78, 5) is 29.1. The number of hydrogen-bond donors (Lipinski definition) is 2. The van der Waals surface area contributed by atoms with Crippen molar-refractivity contribution >= 4 is 22.8 Å². The molecule has 5 rings (SSSR count). The number of carboxylic acid groups (broad SMARTS) is 1. The number of aromatic amines is 1. The fourth-order valence-corrected chi connectivity index (χ4v) is 4.96. The molecular weight excluding hydrogens is 465 g/mol. The first-order valence-electron chi connectivity index (χ1n) is 11.8. The Hall–Kier alpha value is -4.21. The van der Waals surface area contributed by atoms with Gasteiger partial charge in [0.25, 0.3) is 0 Å². The van der Waals surface area contributed by atoms with Gasteiger partial charge in [0.1, 0.15) is 11.4 Å². The van der Waals surface area contributed by atoms with Crippen LogP contribution in [0.25, 0.3) is 22.0 Å². The van der Waals surface area contributed by atoms with E-state index < -0.39 is 11.8 Å². The van der Waals surface area contributed by atoms with Gasteiger partial charge in [-0.3, -0.25) is 9.48 Å². The molecule has 186 valence electrons. The summed E-state index contributed by atoms with van der Waals surface area (Å²) in [5.74, 6) is -1.31. The quantitative estimate of drug-likeness (QED) is 0.403. The minimum atomic E-state index is -1.17. The van der Waals surface area contributed by atoms with E-state index in [0.29, 0.717) is 48.3 Å². The van der Waals surface area contributed by atoms with Crippen LogP contribution in [0.4, 0.5) is 4.39 Å². The molecule has 3 heterocycles. The van der Waals surface area contributed by atoms with Crippen LogP contribution in [0.3, 0.4) is 0 Å². The third-order valence-electron chi connectivity index (χ3n) is 6.75. The number of benzene rings is 2. The van der Waals surface area contributed by atoms with Gasteiger partial charge in [0.15, 0.2) is 5.82 Å². The fraction of sp³-hybridized carbons (Fsp3) is 0.308. The number of halogens is 1. The number of nitrogens with one attached hydrogen (secondary N) is 1. The Morgan fingerprint density at radius 3 is 2.83 bits per heavy atom. The minimum absolute atomic E-state index is 0.0188. The van der Waals surface area contributed by atoms with Gasteiger partial charge < -0.3 is 19.7 Å².